The van der Waals surface area contributed by atoms with Crippen molar-refractivity contribution < 1.29 is 14.3 Å². The van der Waals surface area contributed by atoms with Crippen molar-refractivity contribution in [2.24, 2.45) is 0 Å². The zero-order valence-electron chi connectivity index (χ0n) is 13.4. The first-order valence-corrected chi connectivity index (χ1v) is 9.67. The van der Waals surface area contributed by atoms with Crippen molar-refractivity contribution in [1.29, 1.82) is 5.26 Å². The number of esters is 1. The van der Waals surface area contributed by atoms with E-state index in [0.29, 0.717) is 17.9 Å². The molecular formula is C16H16N4O3S2. The van der Waals surface area contributed by atoms with Crippen LogP contribution in [0, 0.1) is 11.3 Å². The Hall–Kier alpha value is -2.18. The Morgan fingerprint density at radius 1 is 1.40 bits per heavy atom. The van der Waals surface area contributed by atoms with Crippen molar-refractivity contribution in [3.63, 3.8) is 0 Å². The van der Waals surface area contributed by atoms with Gasteiger partial charge in [0.15, 0.2) is 6.61 Å². The average Bonchev–Trinajstić information content (AvgIpc) is 3.28. The van der Waals surface area contributed by atoms with E-state index in [1.807, 2.05) is 11.4 Å². The van der Waals surface area contributed by atoms with Gasteiger partial charge in [-0.1, -0.05) is 11.8 Å². The molecule has 0 aliphatic heterocycles. The molecule has 0 saturated heterocycles. The van der Waals surface area contributed by atoms with Crippen LogP contribution in [-0.4, -0.2) is 39.7 Å². The van der Waals surface area contributed by atoms with Crippen LogP contribution in [0.3, 0.4) is 0 Å². The van der Waals surface area contributed by atoms with Gasteiger partial charge in [-0.05, 0) is 37.1 Å². The minimum atomic E-state index is -0.802. The van der Waals surface area contributed by atoms with Crippen LogP contribution in [0.4, 0.5) is 0 Å². The molecule has 2 aromatic rings. The average molecular weight is 376 g/mol. The molecule has 1 N–H and O–H groups in total. The highest BCUT2D eigenvalue weighted by Crippen LogP contribution is 2.29. The number of carbonyl (C=O) groups is 2. The van der Waals surface area contributed by atoms with Crippen molar-refractivity contribution in [1.82, 2.24) is 15.3 Å². The lowest BCUT2D eigenvalue weighted by molar-refractivity contribution is -0.146. The van der Waals surface area contributed by atoms with Gasteiger partial charge in [0.2, 0.25) is 0 Å². The number of fused-ring (bicyclic) bond motifs is 1. The van der Waals surface area contributed by atoms with E-state index in [4.69, 9.17) is 4.74 Å². The first-order valence-electron chi connectivity index (χ1n) is 7.81. The van der Waals surface area contributed by atoms with E-state index in [1.54, 1.807) is 0 Å². The van der Waals surface area contributed by atoms with Gasteiger partial charge in [0.05, 0.1) is 11.8 Å². The van der Waals surface area contributed by atoms with E-state index in [2.05, 4.69) is 21.4 Å². The van der Waals surface area contributed by atoms with Crippen LogP contribution in [0.25, 0.3) is 10.2 Å². The fraction of sp³-hybridized carbons (Fsp3) is 0.438. The predicted octanol–water partition coefficient (Wildman–Crippen LogP) is 2.28. The lowest BCUT2D eigenvalue weighted by Gasteiger charge is -2.21. The fourth-order valence-electron chi connectivity index (χ4n) is 2.74. The lowest BCUT2D eigenvalue weighted by atomic mass is 10.00. The van der Waals surface area contributed by atoms with E-state index in [1.165, 1.54) is 29.4 Å². The van der Waals surface area contributed by atoms with Crippen LogP contribution in [0.15, 0.2) is 22.8 Å². The summed E-state index contributed by atoms with van der Waals surface area (Å²) in [4.78, 5) is 33.0. The van der Waals surface area contributed by atoms with E-state index in [0.717, 1.165) is 23.1 Å². The van der Waals surface area contributed by atoms with Crippen LogP contribution in [-0.2, 0) is 14.3 Å². The standard InChI is InChI=1S/C16H16N4O3S2/c17-9-16(4-1-2-5-16)20-12(21)7-23-13(22)8-25-15-11-3-6-24-14(11)18-10-19-15/h3,6,10H,1-2,4-5,7-8H2,(H,20,21). The summed E-state index contributed by atoms with van der Waals surface area (Å²) in [6, 6.07) is 4.07. The van der Waals surface area contributed by atoms with Crippen LogP contribution in [0.2, 0.25) is 0 Å². The number of thiophene rings is 1. The molecule has 1 fully saturated rings. The number of hydrogen-bond acceptors (Lipinski definition) is 8. The molecule has 1 aliphatic rings. The second-order valence-corrected chi connectivity index (χ2v) is 7.58. The number of nitrogens with zero attached hydrogens (tertiary/aromatic N) is 3. The van der Waals surface area contributed by atoms with Gasteiger partial charge in [0, 0.05) is 5.39 Å². The maximum Gasteiger partial charge on any atom is 0.316 e. The van der Waals surface area contributed by atoms with E-state index in [9.17, 15) is 14.9 Å². The summed E-state index contributed by atoms with van der Waals surface area (Å²) in [6.45, 7) is -0.375. The largest absolute Gasteiger partial charge is 0.455 e. The second-order valence-electron chi connectivity index (χ2n) is 5.72. The normalized spacial score (nSPS) is 15.6. The zero-order chi connectivity index (χ0) is 17.7. The van der Waals surface area contributed by atoms with Gasteiger partial charge in [-0.2, -0.15) is 5.26 Å². The molecule has 1 saturated carbocycles. The molecule has 0 atom stereocenters. The molecule has 130 valence electrons. The minimum Gasteiger partial charge on any atom is -0.455 e. The first-order chi connectivity index (χ1) is 12.1. The number of carbonyl (C=O) groups excluding carboxylic acids is 2. The van der Waals surface area contributed by atoms with Crippen molar-refractivity contribution in [2.75, 3.05) is 12.4 Å². The highest BCUT2D eigenvalue weighted by Gasteiger charge is 2.35. The van der Waals surface area contributed by atoms with Crippen LogP contribution in [0.1, 0.15) is 25.7 Å². The Balaban J connectivity index is 1.46. The molecule has 0 radical (unpaired) electrons. The summed E-state index contributed by atoms with van der Waals surface area (Å²) < 4.78 is 5.00. The monoisotopic (exact) mass is 376 g/mol. The van der Waals surface area contributed by atoms with Gasteiger partial charge in [-0.25, -0.2) is 9.97 Å². The third-order valence-corrected chi connectivity index (χ3v) is 5.77. The van der Waals surface area contributed by atoms with E-state index < -0.39 is 17.4 Å². The predicted molar refractivity (Wildman–Crippen MR) is 94.1 cm³/mol. The summed E-state index contributed by atoms with van der Waals surface area (Å²) in [6.07, 6.45) is 4.58. The van der Waals surface area contributed by atoms with Crippen molar-refractivity contribution >= 4 is 45.2 Å². The molecule has 2 heterocycles. The third kappa shape index (κ3) is 4.27. The van der Waals surface area contributed by atoms with Gasteiger partial charge < -0.3 is 10.1 Å². The molecule has 3 rings (SSSR count). The van der Waals surface area contributed by atoms with Crippen molar-refractivity contribution in [3.05, 3.63) is 17.8 Å². The second kappa shape index (κ2) is 7.80. The number of amides is 1. The van der Waals surface area contributed by atoms with Gasteiger partial charge >= 0.3 is 5.97 Å². The Labute approximate surface area is 152 Å². The molecule has 0 aromatic carbocycles. The van der Waals surface area contributed by atoms with E-state index >= 15 is 0 Å². The lowest BCUT2D eigenvalue weighted by Crippen LogP contribution is -2.46. The molecule has 0 unspecified atom stereocenters. The molecule has 7 nitrogen and oxygen atoms in total. The Morgan fingerprint density at radius 3 is 2.96 bits per heavy atom. The highest BCUT2D eigenvalue weighted by atomic mass is 32.2. The number of nitrogens with one attached hydrogen (secondary N) is 1. The molecule has 0 spiro atoms. The smallest absolute Gasteiger partial charge is 0.316 e. The highest BCUT2D eigenvalue weighted by molar-refractivity contribution is 8.00. The molecule has 25 heavy (non-hydrogen) atoms. The molecule has 1 aliphatic carbocycles. The van der Waals surface area contributed by atoms with Gasteiger partial charge in [0.1, 0.15) is 21.7 Å². The summed E-state index contributed by atoms with van der Waals surface area (Å²) in [5.41, 5.74) is -0.802. The Bertz CT molecular complexity index is 824. The topological polar surface area (TPSA) is 105 Å². The number of thioether (sulfide) groups is 1. The fourth-order valence-corrected chi connectivity index (χ4v) is 4.32. The number of rotatable bonds is 6. The Kier molecular flexibility index (Phi) is 5.50. The number of aromatic nitrogens is 2. The maximum atomic E-state index is 11.9. The molecule has 2 aromatic heterocycles. The van der Waals surface area contributed by atoms with Crippen LogP contribution >= 0.6 is 23.1 Å². The van der Waals surface area contributed by atoms with Crippen molar-refractivity contribution in [2.45, 2.75) is 36.2 Å². The first kappa shape index (κ1) is 17.6. The van der Waals surface area contributed by atoms with E-state index in [-0.39, 0.29) is 12.4 Å². The number of ether oxygens (including phenoxy) is 1. The Morgan fingerprint density at radius 2 is 2.20 bits per heavy atom. The van der Waals surface area contributed by atoms with Gasteiger partial charge in [-0.15, -0.1) is 11.3 Å². The summed E-state index contributed by atoms with van der Waals surface area (Å²) >= 11 is 2.75. The SMILES string of the molecule is N#CC1(NC(=O)COC(=O)CSc2ncnc3sccc23)CCCC1. The molecule has 0 bridgehead atoms. The van der Waals surface area contributed by atoms with Crippen molar-refractivity contribution in [3.8, 4) is 6.07 Å². The number of nitriles is 1. The van der Waals surface area contributed by atoms with Crippen LogP contribution < -0.4 is 5.32 Å². The summed E-state index contributed by atoms with van der Waals surface area (Å²) in [5, 5.41) is 15.5. The molecule has 9 heteroatoms. The third-order valence-electron chi connectivity index (χ3n) is 3.97. The maximum absolute atomic E-state index is 11.9. The van der Waals surface area contributed by atoms with Gasteiger partial charge in [-0.3, -0.25) is 9.59 Å². The molecular weight excluding hydrogens is 360 g/mol. The zero-order valence-corrected chi connectivity index (χ0v) is 15.0. The van der Waals surface area contributed by atoms with Crippen LogP contribution in [0.5, 0.6) is 0 Å². The quantitative estimate of drug-likeness (QED) is 0.468. The van der Waals surface area contributed by atoms with Gasteiger partial charge in [0.25, 0.3) is 5.91 Å². The summed E-state index contributed by atoms with van der Waals surface area (Å²) in [7, 11) is 0. The molecule has 1 amide bonds. The number of hydrogen-bond donors (Lipinski definition) is 1. The minimum absolute atomic E-state index is 0.0542. The summed E-state index contributed by atoms with van der Waals surface area (Å²) in [5.74, 6) is -0.887.